The number of nitrogens with one attached hydrogen (secondary N) is 2. The fraction of sp³-hybridized carbons (Fsp3) is 0.185. The van der Waals surface area contributed by atoms with E-state index in [0.29, 0.717) is 13.1 Å². The van der Waals surface area contributed by atoms with E-state index in [2.05, 4.69) is 23.3 Å². The number of anilines is 2. The molecule has 0 spiro atoms. The molecular weight excluding hydrogens is 398 g/mol. The standard InChI is InChI=1S/C27H29N3O2/c1-4-15-28-27(32)30(19-23-9-5-7-20(2)16-23)25-13-11-22(12-14-25)18-26(31)29-24-10-6-8-21(3)17-24/h4-14,16-17H,1,15,18-19H2,2-3H3,(H,28,32)(H,29,31). The van der Waals surface area contributed by atoms with Crippen LogP contribution in [0.1, 0.15) is 22.3 Å². The van der Waals surface area contributed by atoms with Gasteiger partial charge in [-0.15, -0.1) is 6.58 Å². The van der Waals surface area contributed by atoms with Crippen LogP contribution < -0.4 is 15.5 Å². The summed E-state index contributed by atoms with van der Waals surface area (Å²) in [5, 5.41) is 5.77. The van der Waals surface area contributed by atoms with Gasteiger partial charge in [-0.1, -0.05) is 60.2 Å². The third-order valence-electron chi connectivity index (χ3n) is 4.98. The average molecular weight is 428 g/mol. The number of amides is 3. The maximum absolute atomic E-state index is 12.8. The summed E-state index contributed by atoms with van der Waals surface area (Å²) in [6.07, 6.45) is 1.91. The molecule has 164 valence electrons. The van der Waals surface area contributed by atoms with Crippen LogP contribution >= 0.6 is 0 Å². The third kappa shape index (κ3) is 6.57. The number of hydrogen-bond acceptors (Lipinski definition) is 2. The smallest absolute Gasteiger partial charge is 0.322 e. The van der Waals surface area contributed by atoms with Crippen LogP contribution in [0, 0.1) is 13.8 Å². The Morgan fingerprint density at radius 3 is 2.25 bits per heavy atom. The zero-order valence-electron chi connectivity index (χ0n) is 18.6. The minimum Gasteiger partial charge on any atom is -0.334 e. The Bertz CT molecular complexity index is 1090. The fourth-order valence-electron chi connectivity index (χ4n) is 3.44. The van der Waals surface area contributed by atoms with Gasteiger partial charge in [-0.2, -0.15) is 0 Å². The molecule has 0 aliphatic heterocycles. The Balaban J connectivity index is 1.72. The van der Waals surface area contributed by atoms with Crippen LogP contribution in [0.5, 0.6) is 0 Å². The molecule has 32 heavy (non-hydrogen) atoms. The van der Waals surface area contributed by atoms with Gasteiger partial charge in [0.2, 0.25) is 5.91 Å². The molecule has 5 heteroatoms. The van der Waals surface area contributed by atoms with Crippen molar-refractivity contribution < 1.29 is 9.59 Å². The Morgan fingerprint density at radius 2 is 1.59 bits per heavy atom. The van der Waals surface area contributed by atoms with E-state index in [9.17, 15) is 9.59 Å². The minimum absolute atomic E-state index is 0.0799. The summed E-state index contributed by atoms with van der Waals surface area (Å²) in [5.74, 6) is -0.0799. The molecule has 3 rings (SSSR count). The van der Waals surface area contributed by atoms with Crippen LogP contribution in [0.2, 0.25) is 0 Å². The van der Waals surface area contributed by atoms with Crippen LogP contribution in [0.15, 0.2) is 85.5 Å². The lowest BCUT2D eigenvalue weighted by Gasteiger charge is -2.23. The number of carbonyl (C=O) groups excluding carboxylic acids is 2. The number of carbonyl (C=O) groups is 2. The molecule has 0 fully saturated rings. The number of aryl methyl sites for hydroxylation is 2. The number of nitrogens with zero attached hydrogens (tertiary/aromatic N) is 1. The third-order valence-corrected chi connectivity index (χ3v) is 4.98. The van der Waals surface area contributed by atoms with Crippen molar-refractivity contribution in [2.45, 2.75) is 26.8 Å². The van der Waals surface area contributed by atoms with Crippen molar-refractivity contribution in [3.63, 3.8) is 0 Å². The number of urea groups is 1. The van der Waals surface area contributed by atoms with Gasteiger partial charge in [0.25, 0.3) is 0 Å². The lowest BCUT2D eigenvalue weighted by Crippen LogP contribution is -2.39. The maximum atomic E-state index is 12.8. The van der Waals surface area contributed by atoms with Gasteiger partial charge in [-0.3, -0.25) is 9.69 Å². The summed E-state index contributed by atoms with van der Waals surface area (Å²) in [5.41, 5.74) is 5.70. The van der Waals surface area contributed by atoms with E-state index in [1.54, 1.807) is 11.0 Å². The van der Waals surface area contributed by atoms with Gasteiger partial charge in [0.1, 0.15) is 0 Å². The monoisotopic (exact) mass is 427 g/mol. The number of rotatable bonds is 8. The molecule has 0 aromatic heterocycles. The van der Waals surface area contributed by atoms with Crippen molar-refractivity contribution in [2.24, 2.45) is 0 Å². The molecule has 0 unspecified atom stereocenters. The molecule has 3 aromatic carbocycles. The van der Waals surface area contributed by atoms with Crippen molar-refractivity contribution in [3.8, 4) is 0 Å². The molecular formula is C27H29N3O2. The fourth-order valence-corrected chi connectivity index (χ4v) is 3.44. The normalized spacial score (nSPS) is 10.3. The summed E-state index contributed by atoms with van der Waals surface area (Å²) in [7, 11) is 0. The summed E-state index contributed by atoms with van der Waals surface area (Å²) in [6.45, 7) is 8.51. The van der Waals surface area contributed by atoms with Crippen molar-refractivity contribution in [2.75, 3.05) is 16.8 Å². The minimum atomic E-state index is -0.198. The highest BCUT2D eigenvalue weighted by Gasteiger charge is 2.16. The predicted octanol–water partition coefficient (Wildman–Crippen LogP) is 5.39. The Hall–Kier alpha value is -3.86. The Morgan fingerprint density at radius 1 is 0.906 bits per heavy atom. The summed E-state index contributed by atoms with van der Waals surface area (Å²) >= 11 is 0. The van der Waals surface area contributed by atoms with Gasteiger partial charge < -0.3 is 10.6 Å². The van der Waals surface area contributed by atoms with Crippen LogP contribution in [0.4, 0.5) is 16.2 Å². The van der Waals surface area contributed by atoms with Gasteiger partial charge in [-0.25, -0.2) is 4.79 Å². The van der Waals surface area contributed by atoms with Crippen LogP contribution in [-0.4, -0.2) is 18.5 Å². The molecule has 0 bridgehead atoms. The molecule has 5 nitrogen and oxygen atoms in total. The van der Waals surface area contributed by atoms with Gasteiger partial charge in [0.05, 0.1) is 13.0 Å². The second kappa shape index (κ2) is 11.0. The summed E-state index contributed by atoms with van der Waals surface area (Å²) in [6, 6.07) is 23.1. The molecule has 0 heterocycles. The molecule has 0 saturated carbocycles. The molecule has 0 atom stereocenters. The first-order chi connectivity index (χ1) is 15.4. The van der Waals surface area contributed by atoms with E-state index < -0.39 is 0 Å². The predicted molar refractivity (Wildman–Crippen MR) is 131 cm³/mol. The molecule has 0 aliphatic rings. The Labute approximate surface area is 189 Å². The second-order valence-electron chi connectivity index (χ2n) is 7.81. The molecule has 0 radical (unpaired) electrons. The van der Waals surface area contributed by atoms with Gasteiger partial charge in [0, 0.05) is 17.9 Å². The van der Waals surface area contributed by atoms with Crippen molar-refractivity contribution >= 4 is 23.3 Å². The highest BCUT2D eigenvalue weighted by Crippen LogP contribution is 2.20. The highest BCUT2D eigenvalue weighted by molar-refractivity contribution is 5.93. The Kier molecular flexibility index (Phi) is 7.81. The maximum Gasteiger partial charge on any atom is 0.322 e. The molecule has 0 saturated heterocycles. The summed E-state index contributed by atoms with van der Waals surface area (Å²) < 4.78 is 0. The van der Waals surface area contributed by atoms with Crippen molar-refractivity contribution in [1.29, 1.82) is 0 Å². The quantitative estimate of drug-likeness (QED) is 0.474. The number of hydrogen-bond donors (Lipinski definition) is 2. The topological polar surface area (TPSA) is 61.4 Å². The summed E-state index contributed by atoms with van der Waals surface area (Å²) in [4.78, 5) is 26.9. The van der Waals surface area contributed by atoms with E-state index in [0.717, 1.165) is 33.6 Å². The van der Waals surface area contributed by atoms with Crippen LogP contribution in [0.3, 0.4) is 0 Å². The first-order valence-corrected chi connectivity index (χ1v) is 10.6. The molecule has 3 aromatic rings. The first-order valence-electron chi connectivity index (χ1n) is 10.6. The van der Waals surface area contributed by atoms with Crippen LogP contribution in [0.25, 0.3) is 0 Å². The highest BCUT2D eigenvalue weighted by atomic mass is 16.2. The average Bonchev–Trinajstić information content (AvgIpc) is 2.76. The second-order valence-corrected chi connectivity index (χ2v) is 7.81. The zero-order valence-corrected chi connectivity index (χ0v) is 18.6. The van der Waals surface area contributed by atoms with E-state index in [1.807, 2.05) is 80.6 Å². The molecule has 3 amide bonds. The lowest BCUT2D eigenvalue weighted by atomic mass is 10.1. The van der Waals surface area contributed by atoms with Crippen molar-refractivity contribution in [1.82, 2.24) is 5.32 Å². The van der Waals surface area contributed by atoms with Crippen LogP contribution in [-0.2, 0) is 17.8 Å². The molecule has 0 aliphatic carbocycles. The largest absolute Gasteiger partial charge is 0.334 e. The molecule has 2 N–H and O–H groups in total. The SMILES string of the molecule is C=CCNC(=O)N(Cc1cccc(C)c1)c1ccc(CC(=O)Nc2cccc(C)c2)cc1. The zero-order chi connectivity index (χ0) is 22.9. The van der Waals surface area contributed by atoms with Gasteiger partial charge in [0.15, 0.2) is 0 Å². The van der Waals surface area contributed by atoms with E-state index >= 15 is 0 Å². The van der Waals surface area contributed by atoms with Crippen molar-refractivity contribution in [3.05, 3.63) is 108 Å². The van der Waals surface area contributed by atoms with Gasteiger partial charge in [-0.05, 0) is 54.8 Å². The lowest BCUT2D eigenvalue weighted by molar-refractivity contribution is -0.115. The number of benzene rings is 3. The first kappa shape index (κ1) is 22.8. The van der Waals surface area contributed by atoms with E-state index in [1.165, 1.54) is 0 Å². The van der Waals surface area contributed by atoms with E-state index in [4.69, 9.17) is 0 Å². The van der Waals surface area contributed by atoms with Gasteiger partial charge >= 0.3 is 6.03 Å². The van der Waals surface area contributed by atoms with E-state index in [-0.39, 0.29) is 18.4 Å².